The number of hydrogen-bond acceptors (Lipinski definition) is 2. The first-order valence-corrected chi connectivity index (χ1v) is 7.96. The molecule has 0 aliphatic rings. The van der Waals surface area contributed by atoms with Crippen molar-refractivity contribution in [3.8, 4) is 0 Å². The fourth-order valence-corrected chi connectivity index (χ4v) is 2.37. The molecule has 3 rings (SSSR count). The molecule has 0 heterocycles. The van der Waals surface area contributed by atoms with Gasteiger partial charge in [0.25, 0.3) is 11.8 Å². The molecule has 3 aromatic rings. The average molecular weight is 330 g/mol. The Hall–Kier alpha value is -3.40. The van der Waals surface area contributed by atoms with E-state index in [4.69, 9.17) is 0 Å². The van der Waals surface area contributed by atoms with E-state index in [0.717, 1.165) is 11.3 Å². The maximum atomic E-state index is 12.3. The lowest BCUT2D eigenvalue weighted by Crippen LogP contribution is -2.14. The molecule has 0 radical (unpaired) electrons. The van der Waals surface area contributed by atoms with E-state index in [1.54, 1.807) is 36.4 Å². The van der Waals surface area contributed by atoms with Gasteiger partial charge in [-0.1, -0.05) is 42.0 Å². The molecule has 2 amide bonds. The van der Waals surface area contributed by atoms with Crippen LogP contribution in [0.1, 0.15) is 26.3 Å². The van der Waals surface area contributed by atoms with Crippen molar-refractivity contribution < 1.29 is 9.59 Å². The SMILES string of the molecule is Cc1ccc(C(=O)Nc2cccc(C(=O)Nc3ccccc3)c2)cc1. The second-order valence-corrected chi connectivity index (χ2v) is 5.72. The lowest BCUT2D eigenvalue weighted by molar-refractivity contribution is 0.101. The van der Waals surface area contributed by atoms with E-state index in [0.29, 0.717) is 16.8 Å². The van der Waals surface area contributed by atoms with Crippen LogP contribution in [0.2, 0.25) is 0 Å². The predicted octanol–water partition coefficient (Wildman–Crippen LogP) is 4.50. The van der Waals surface area contributed by atoms with Crippen LogP contribution in [0.3, 0.4) is 0 Å². The third kappa shape index (κ3) is 4.32. The molecule has 0 aliphatic carbocycles. The molecule has 0 saturated heterocycles. The van der Waals surface area contributed by atoms with Crippen molar-refractivity contribution in [2.45, 2.75) is 6.92 Å². The van der Waals surface area contributed by atoms with Gasteiger partial charge >= 0.3 is 0 Å². The average Bonchev–Trinajstić information content (AvgIpc) is 2.63. The van der Waals surface area contributed by atoms with Gasteiger partial charge in [-0.05, 0) is 49.4 Å². The molecular formula is C21H18N2O2. The number of nitrogens with one attached hydrogen (secondary N) is 2. The molecule has 0 aliphatic heterocycles. The Morgan fingerprint density at radius 2 is 1.24 bits per heavy atom. The maximum Gasteiger partial charge on any atom is 0.255 e. The second-order valence-electron chi connectivity index (χ2n) is 5.72. The zero-order chi connectivity index (χ0) is 17.6. The number of hydrogen-bond donors (Lipinski definition) is 2. The third-order valence-electron chi connectivity index (χ3n) is 3.73. The number of benzene rings is 3. The van der Waals surface area contributed by atoms with Gasteiger partial charge in [0.15, 0.2) is 0 Å². The highest BCUT2D eigenvalue weighted by Crippen LogP contribution is 2.15. The normalized spacial score (nSPS) is 10.1. The van der Waals surface area contributed by atoms with Gasteiger partial charge in [-0.3, -0.25) is 9.59 Å². The quantitative estimate of drug-likeness (QED) is 0.740. The minimum Gasteiger partial charge on any atom is -0.322 e. The molecule has 0 fully saturated rings. The zero-order valence-corrected chi connectivity index (χ0v) is 13.8. The Morgan fingerprint density at radius 3 is 1.96 bits per heavy atom. The third-order valence-corrected chi connectivity index (χ3v) is 3.73. The van der Waals surface area contributed by atoms with Gasteiger partial charge in [0.05, 0.1) is 0 Å². The fourth-order valence-electron chi connectivity index (χ4n) is 2.37. The predicted molar refractivity (Wildman–Crippen MR) is 100.0 cm³/mol. The van der Waals surface area contributed by atoms with Crippen molar-refractivity contribution in [3.63, 3.8) is 0 Å². The summed E-state index contributed by atoms with van der Waals surface area (Å²) in [6, 6.07) is 23.4. The lowest BCUT2D eigenvalue weighted by Gasteiger charge is -2.09. The van der Waals surface area contributed by atoms with Crippen LogP contribution in [0, 0.1) is 6.92 Å². The Bertz CT molecular complexity index is 887. The minimum atomic E-state index is -0.224. The second kappa shape index (κ2) is 7.45. The van der Waals surface area contributed by atoms with Crippen LogP contribution in [-0.2, 0) is 0 Å². The Morgan fingerprint density at radius 1 is 0.640 bits per heavy atom. The molecule has 4 nitrogen and oxygen atoms in total. The first-order valence-electron chi connectivity index (χ1n) is 7.96. The van der Waals surface area contributed by atoms with Crippen molar-refractivity contribution in [1.29, 1.82) is 0 Å². The van der Waals surface area contributed by atoms with Crippen LogP contribution >= 0.6 is 0 Å². The molecule has 3 aromatic carbocycles. The molecule has 0 spiro atoms. The first kappa shape index (κ1) is 16.5. The standard InChI is InChI=1S/C21H18N2O2/c1-15-10-12-16(13-11-15)20(24)23-19-9-5-6-17(14-19)21(25)22-18-7-3-2-4-8-18/h2-14H,1H3,(H,22,25)(H,23,24). The fraction of sp³-hybridized carbons (Fsp3) is 0.0476. The van der Waals surface area contributed by atoms with E-state index in [1.807, 2.05) is 49.4 Å². The van der Waals surface area contributed by atoms with Crippen molar-refractivity contribution >= 4 is 23.2 Å². The van der Waals surface area contributed by atoms with E-state index in [2.05, 4.69) is 10.6 Å². The molecule has 25 heavy (non-hydrogen) atoms. The first-order chi connectivity index (χ1) is 12.1. The van der Waals surface area contributed by atoms with Crippen LogP contribution in [0.4, 0.5) is 11.4 Å². The van der Waals surface area contributed by atoms with Gasteiger partial charge in [0.1, 0.15) is 0 Å². The topological polar surface area (TPSA) is 58.2 Å². The maximum absolute atomic E-state index is 12.3. The molecule has 124 valence electrons. The van der Waals surface area contributed by atoms with Crippen molar-refractivity contribution in [2.24, 2.45) is 0 Å². The summed E-state index contributed by atoms with van der Waals surface area (Å²) in [5.74, 6) is -0.432. The number of para-hydroxylation sites is 1. The summed E-state index contributed by atoms with van der Waals surface area (Å²) < 4.78 is 0. The Labute approximate surface area is 146 Å². The minimum absolute atomic E-state index is 0.208. The summed E-state index contributed by atoms with van der Waals surface area (Å²) in [6.45, 7) is 1.97. The number of carbonyl (C=O) groups is 2. The largest absolute Gasteiger partial charge is 0.322 e. The number of amides is 2. The smallest absolute Gasteiger partial charge is 0.255 e. The Kier molecular flexibility index (Phi) is 4.90. The van der Waals surface area contributed by atoms with Crippen LogP contribution in [0.5, 0.6) is 0 Å². The van der Waals surface area contributed by atoms with Crippen LogP contribution in [0.25, 0.3) is 0 Å². The molecule has 0 atom stereocenters. The molecule has 0 bridgehead atoms. The monoisotopic (exact) mass is 330 g/mol. The van der Waals surface area contributed by atoms with Crippen molar-refractivity contribution in [2.75, 3.05) is 10.6 Å². The highest BCUT2D eigenvalue weighted by Gasteiger charge is 2.09. The van der Waals surface area contributed by atoms with E-state index in [-0.39, 0.29) is 11.8 Å². The summed E-state index contributed by atoms with van der Waals surface area (Å²) in [5, 5.41) is 5.64. The lowest BCUT2D eigenvalue weighted by atomic mass is 10.1. The van der Waals surface area contributed by atoms with E-state index in [1.165, 1.54) is 0 Å². The van der Waals surface area contributed by atoms with E-state index in [9.17, 15) is 9.59 Å². The van der Waals surface area contributed by atoms with Gasteiger partial charge in [-0.15, -0.1) is 0 Å². The van der Waals surface area contributed by atoms with Crippen LogP contribution < -0.4 is 10.6 Å². The highest BCUT2D eigenvalue weighted by atomic mass is 16.2. The number of anilines is 2. The zero-order valence-electron chi connectivity index (χ0n) is 13.8. The summed E-state index contributed by atoms with van der Waals surface area (Å²) in [4.78, 5) is 24.6. The molecule has 4 heteroatoms. The summed E-state index contributed by atoms with van der Waals surface area (Å²) in [7, 11) is 0. The summed E-state index contributed by atoms with van der Waals surface area (Å²) in [6.07, 6.45) is 0. The molecule has 2 N–H and O–H groups in total. The van der Waals surface area contributed by atoms with Crippen molar-refractivity contribution in [3.05, 3.63) is 95.6 Å². The Balaban J connectivity index is 1.71. The molecule has 0 aromatic heterocycles. The van der Waals surface area contributed by atoms with Crippen molar-refractivity contribution in [1.82, 2.24) is 0 Å². The number of carbonyl (C=O) groups excluding carboxylic acids is 2. The van der Waals surface area contributed by atoms with Gasteiger partial charge in [0, 0.05) is 22.5 Å². The van der Waals surface area contributed by atoms with Gasteiger partial charge in [-0.25, -0.2) is 0 Å². The highest BCUT2D eigenvalue weighted by molar-refractivity contribution is 6.07. The van der Waals surface area contributed by atoms with Crippen LogP contribution in [0.15, 0.2) is 78.9 Å². The molecule has 0 saturated carbocycles. The summed E-state index contributed by atoms with van der Waals surface area (Å²) >= 11 is 0. The number of aryl methyl sites for hydroxylation is 1. The molecule has 0 unspecified atom stereocenters. The van der Waals surface area contributed by atoms with E-state index < -0.39 is 0 Å². The number of rotatable bonds is 4. The van der Waals surface area contributed by atoms with Crippen LogP contribution in [-0.4, -0.2) is 11.8 Å². The van der Waals surface area contributed by atoms with Gasteiger partial charge in [0.2, 0.25) is 0 Å². The molecular weight excluding hydrogens is 312 g/mol. The van der Waals surface area contributed by atoms with Gasteiger partial charge in [-0.2, -0.15) is 0 Å². The summed E-state index contributed by atoms with van der Waals surface area (Å²) in [5.41, 5.74) is 3.44. The van der Waals surface area contributed by atoms with E-state index >= 15 is 0 Å². The van der Waals surface area contributed by atoms with Gasteiger partial charge < -0.3 is 10.6 Å².